The van der Waals surface area contributed by atoms with Gasteiger partial charge in [-0.15, -0.1) is 0 Å². The van der Waals surface area contributed by atoms with Crippen LogP contribution in [0.3, 0.4) is 0 Å². The van der Waals surface area contributed by atoms with Gasteiger partial charge in [0.05, 0.1) is 5.60 Å². The van der Waals surface area contributed by atoms with Gasteiger partial charge < -0.3 is 9.90 Å². The lowest BCUT2D eigenvalue weighted by molar-refractivity contribution is -0.120. The second kappa shape index (κ2) is 7.47. The van der Waals surface area contributed by atoms with Crippen molar-refractivity contribution in [1.82, 2.24) is 0 Å². The molecule has 0 aliphatic heterocycles. The van der Waals surface area contributed by atoms with Gasteiger partial charge in [-0.3, -0.25) is 4.79 Å². The van der Waals surface area contributed by atoms with Gasteiger partial charge in [-0.2, -0.15) is 0 Å². The van der Waals surface area contributed by atoms with Crippen molar-refractivity contribution in [3.05, 3.63) is 12.2 Å². The molecule has 2 atom stereocenters. The Morgan fingerprint density at radius 1 is 1.22 bits per heavy atom. The highest BCUT2D eigenvalue weighted by molar-refractivity contribution is 5.77. The van der Waals surface area contributed by atoms with Crippen LogP contribution in [0, 0.1) is 11.8 Å². The Bertz CT molecular complexity index is 314. The topological polar surface area (TPSA) is 54.4 Å². The van der Waals surface area contributed by atoms with E-state index in [9.17, 15) is 14.7 Å². The predicted octanol–water partition coefficient (Wildman–Crippen LogP) is 2.91. The SMILES string of the molecule is CC(=O)CC[C@@H](/C=C/[C@@](C)(O)CC(C)=O)C(C)C. The van der Waals surface area contributed by atoms with Crippen LogP contribution in [-0.2, 0) is 9.59 Å². The molecule has 0 radical (unpaired) electrons. The molecular formula is C15H26O3. The standard InChI is InChI=1S/C15H26O3/c1-11(2)14(7-6-12(3)16)8-9-15(5,18)10-13(4)17/h8-9,11,14,18H,6-7,10H2,1-5H3/b9-8+/t14-,15+/m0/s1. The van der Waals surface area contributed by atoms with Gasteiger partial charge >= 0.3 is 0 Å². The van der Waals surface area contributed by atoms with Crippen molar-refractivity contribution in [1.29, 1.82) is 0 Å². The van der Waals surface area contributed by atoms with E-state index in [2.05, 4.69) is 13.8 Å². The maximum Gasteiger partial charge on any atom is 0.133 e. The fraction of sp³-hybridized carbons (Fsp3) is 0.733. The van der Waals surface area contributed by atoms with E-state index >= 15 is 0 Å². The van der Waals surface area contributed by atoms with E-state index in [0.29, 0.717) is 12.3 Å². The average Bonchev–Trinajstić information content (AvgIpc) is 2.13. The van der Waals surface area contributed by atoms with E-state index < -0.39 is 5.60 Å². The molecule has 3 nitrogen and oxygen atoms in total. The summed E-state index contributed by atoms with van der Waals surface area (Å²) in [5, 5.41) is 10.0. The molecule has 104 valence electrons. The lowest BCUT2D eigenvalue weighted by Gasteiger charge is -2.21. The van der Waals surface area contributed by atoms with Crippen LogP contribution in [0.15, 0.2) is 12.2 Å². The number of allylic oxidation sites excluding steroid dienone is 1. The lowest BCUT2D eigenvalue weighted by Crippen LogP contribution is -2.24. The number of Topliss-reactive ketones (excluding diaryl/α,β-unsaturated/α-hetero) is 2. The molecule has 0 heterocycles. The maximum atomic E-state index is 11.0. The molecule has 0 aliphatic carbocycles. The first-order valence-corrected chi connectivity index (χ1v) is 6.54. The summed E-state index contributed by atoms with van der Waals surface area (Å²) in [5.74, 6) is 0.820. The molecule has 0 spiro atoms. The lowest BCUT2D eigenvalue weighted by atomic mass is 9.88. The Morgan fingerprint density at radius 2 is 1.78 bits per heavy atom. The van der Waals surface area contributed by atoms with Crippen LogP contribution in [0.2, 0.25) is 0 Å². The monoisotopic (exact) mass is 254 g/mol. The zero-order valence-corrected chi connectivity index (χ0v) is 12.2. The second-order valence-corrected chi connectivity index (χ2v) is 5.74. The zero-order chi connectivity index (χ0) is 14.3. The van der Waals surface area contributed by atoms with Gasteiger partial charge in [-0.05, 0) is 39.0 Å². The van der Waals surface area contributed by atoms with Crippen molar-refractivity contribution in [2.75, 3.05) is 0 Å². The third-order valence-electron chi connectivity index (χ3n) is 3.00. The Hall–Kier alpha value is -0.960. The molecule has 0 fully saturated rings. The zero-order valence-electron chi connectivity index (χ0n) is 12.2. The van der Waals surface area contributed by atoms with Gasteiger partial charge in [0.25, 0.3) is 0 Å². The Balaban J connectivity index is 4.56. The smallest absolute Gasteiger partial charge is 0.133 e. The Labute approximate surface area is 110 Å². The molecule has 0 amide bonds. The van der Waals surface area contributed by atoms with Crippen molar-refractivity contribution in [3.63, 3.8) is 0 Å². The molecule has 18 heavy (non-hydrogen) atoms. The number of carbonyl (C=O) groups is 2. The highest BCUT2D eigenvalue weighted by Gasteiger charge is 2.20. The maximum absolute atomic E-state index is 11.0. The second-order valence-electron chi connectivity index (χ2n) is 5.74. The minimum atomic E-state index is -1.09. The summed E-state index contributed by atoms with van der Waals surface area (Å²) >= 11 is 0. The molecule has 0 saturated carbocycles. The largest absolute Gasteiger partial charge is 0.386 e. The number of hydrogen-bond acceptors (Lipinski definition) is 3. The van der Waals surface area contributed by atoms with Crippen LogP contribution < -0.4 is 0 Å². The van der Waals surface area contributed by atoms with E-state index in [1.165, 1.54) is 6.92 Å². The van der Waals surface area contributed by atoms with E-state index in [1.807, 2.05) is 6.08 Å². The normalized spacial score (nSPS) is 16.8. The molecule has 0 rings (SSSR count). The number of carbonyl (C=O) groups excluding carboxylic acids is 2. The van der Waals surface area contributed by atoms with Crippen molar-refractivity contribution in [3.8, 4) is 0 Å². The summed E-state index contributed by atoms with van der Waals surface area (Å²) in [4.78, 5) is 22.0. The van der Waals surface area contributed by atoms with Crippen molar-refractivity contribution in [2.45, 2.75) is 59.5 Å². The van der Waals surface area contributed by atoms with E-state index in [0.717, 1.165) is 6.42 Å². The van der Waals surface area contributed by atoms with Crippen LogP contribution in [0.25, 0.3) is 0 Å². The average molecular weight is 254 g/mol. The van der Waals surface area contributed by atoms with Gasteiger partial charge in [-0.25, -0.2) is 0 Å². The van der Waals surface area contributed by atoms with Crippen LogP contribution in [-0.4, -0.2) is 22.3 Å². The molecule has 0 aromatic carbocycles. The number of aliphatic hydroxyl groups is 1. The minimum Gasteiger partial charge on any atom is -0.386 e. The molecule has 0 unspecified atom stereocenters. The molecule has 0 aliphatic rings. The molecular weight excluding hydrogens is 228 g/mol. The summed E-state index contributed by atoms with van der Waals surface area (Å²) in [7, 11) is 0. The van der Waals surface area contributed by atoms with E-state index in [1.54, 1.807) is 19.9 Å². The molecule has 0 saturated heterocycles. The van der Waals surface area contributed by atoms with Crippen LogP contribution in [0.1, 0.15) is 53.9 Å². The summed E-state index contributed by atoms with van der Waals surface area (Å²) in [6, 6.07) is 0. The van der Waals surface area contributed by atoms with Gasteiger partial charge in [0.2, 0.25) is 0 Å². The third kappa shape index (κ3) is 8.18. The molecule has 0 bridgehead atoms. The van der Waals surface area contributed by atoms with Gasteiger partial charge in [-0.1, -0.05) is 26.0 Å². The fourth-order valence-corrected chi connectivity index (χ4v) is 1.92. The molecule has 0 aromatic heterocycles. The summed E-state index contributed by atoms with van der Waals surface area (Å²) in [6.07, 6.45) is 5.11. The van der Waals surface area contributed by atoms with Crippen LogP contribution in [0.5, 0.6) is 0 Å². The third-order valence-corrected chi connectivity index (χ3v) is 3.00. The Kier molecular flexibility index (Phi) is 7.07. The number of rotatable bonds is 8. The highest BCUT2D eigenvalue weighted by Crippen LogP contribution is 2.21. The molecule has 0 aromatic rings. The number of hydrogen-bond donors (Lipinski definition) is 1. The first kappa shape index (κ1) is 17.0. The quantitative estimate of drug-likeness (QED) is 0.678. The fourth-order valence-electron chi connectivity index (χ4n) is 1.92. The molecule has 3 heteroatoms. The van der Waals surface area contributed by atoms with Crippen LogP contribution >= 0.6 is 0 Å². The van der Waals surface area contributed by atoms with E-state index in [-0.39, 0.29) is 23.9 Å². The van der Waals surface area contributed by atoms with Gasteiger partial charge in [0.1, 0.15) is 11.6 Å². The van der Waals surface area contributed by atoms with Crippen molar-refractivity contribution < 1.29 is 14.7 Å². The first-order valence-electron chi connectivity index (χ1n) is 6.54. The van der Waals surface area contributed by atoms with Crippen molar-refractivity contribution in [2.24, 2.45) is 11.8 Å². The van der Waals surface area contributed by atoms with Crippen LogP contribution in [0.4, 0.5) is 0 Å². The molecule has 1 N–H and O–H groups in total. The summed E-state index contributed by atoms with van der Waals surface area (Å²) in [6.45, 7) is 8.88. The number of ketones is 2. The summed E-state index contributed by atoms with van der Waals surface area (Å²) in [5.41, 5.74) is -1.09. The van der Waals surface area contributed by atoms with Gasteiger partial charge in [0, 0.05) is 12.8 Å². The van der Waals surface area contributed by atoms with E-state index in [4.69, 9.17) is 0 Å². The summed E-state index contributed by atoms with van der Waals surface area (Å²) < 4.78 is 0. The van der Waals surface area contributed by atoms with Crippen molar-refractivity contribution >= 4 is 11.6 Å². The predicted molar refractivity (Wildman–Crippen MR) is 73.3 cm³/mol. The minimum absolute atomic E-state index is 0.0329. The van der Waals surface area contributed by atoms with Gasteiger partial charge in [0.15, 0.2) is 0 Å². The highest BCUT2D eigenvalue weighted by atomic mass is 16.3. The Morgan fingerprint density at radius 3 is 2.17 bits per heavy atom. The first-order chi connectivity index (χ1) is 8.14.